The van der Waals surface area contributed by atoms with Crippen molar-refractivity contribution in [1.29, 1.82) is 0 Å². The molecule has 0 saturated carbocycles. The van der Waals surface area contributed by atoms with Crippen LogP contribution in [-0.2, 0) is 9.59 Å². The van der Waals surface area contributed by atoms with Gasteiger partial charge in [0.15, 0.2) is 23.1 Å². The highest BCUT2D eigenvalue weighted by Crippen LogP contribution is 2.50. The predicted octanol–water partition coefficient (Wildman–Crippen LogP) is 5.57. The van der Waals surface area contributed by atoms with Gasteiger partial charge in [0.2, 0.25) is 0 Å². The molecule has 0 atom stereocenters. The van der Waals surface area contributed by atoms with Crippen LogP contribution in [0.25, 0.3) is 0 Å². The van der Waals surface area contributed by atoms with Crippen molar-refractivity contribution in [3.63, 3.8) is 0 Å². The summed E-state index contributed by atoms with van der Waals surface area (Å²) >= 11 is 6.67. The highest BCUT2D eigenvalue weighted by Gasteiger charge is 2.42. The maximum absolute atomic E-state index is 13.1. The molecule has 1 aliphatic heterocycles. The van der Waals surface area contributed by atoms with Crippen LogP contribution < -0.4 is 9.47 Å². The predicted molar refractivity (Wildman–Crippen MR) is 121 cm³/mol. The van der Waals surface area contributed by atoms with Gasteiger partial charge in [-0.1, -0.05) is 11.6 Å². The van der Waals surface area contributed by atoms with Crippen LogP contribution in [0.2, 0.25) is 5.02 Å². The summed E-state index contributed by atoms with van der Waals surface area (Å²) in [6, 6.07) is 3.75. The quantitative estimate of drug-likeness (QED) is 0.595. The first-order valence-corrected chi connectivity index (χ1v) is 11.6. The summed E-state index contributed by atoms with van der Waals surface area (Å²) in [5.74, 6) is 0.905. The molecule has 6 heteroatoms. The third kappa shape index (κ3) is 3.89. The van der Waals surface area contributed by atoms with Crippen molar-refractivity contribution in [2.75, 3.05) is 13.7 Å². The molecule has 2 aliphatic carbocycles. The molecule has 0 fully saturated rings. The first kappa shape index (κ1) is 21.9. The smallest absolute Gasteiger partial charge is 0.180 e. The van der Waals surface area contributed by atoms with Crippen LogP contribution >= 0.6 is 11.6 Å². The van der Waals surface area contributed by atoms with Crippen LogP contribution in [0.5, 0.6) is 11.5 Å². The third-order valence-electron chi connectivity index (χ3n) is 6.26. The molecule has 0 N–H and O–H groups in total. The normalized spacial score (nSPS) is 19.7. The number of ether oxygens (including phenoxy) is 2. The van der Waals surface area contributed by atoms with Crippen molar-refractivity contribution < 1.29 is 19.1 Å². The molecule has 0 radical (unpaired) electrons. The molecule has 1 aromatic rings. The topological polar surface area (TPSA) is 55.8 Å². The summed E-state index contributed by atoms with van der Waals surface area (Å²) in [5.41, 5.74) is 4.42. The molecule has 1 aromatic carbocycles. The van der Waals surface area contributed by atoms with Gasteiger partial charge >= 0.3 is 0 Å². The van der Waals surface area contributed by atoms with E-state index in [1.54, 1.807) is 0 Å². The van der Waals surface area contributed by atoms with E-state index in [0.29, 0.717) is 36.0 Å². The summed E-state index contributed by atoms with van der Waals surface area (Å²) in [4.78, 5) is 28.4. The van der Waals surface area contributed by atoms with Gasteiger partial charge in [0.25, 0.3) is 0 Å². The van der Waals surface area contributed by atoms with Crippen molar-refractivity contribution in [2.45, 2.75) is 71.3 Å². The van der Waals surface area contributed by atoms with Crippen LogP contribution in [-0.4, -0.2) is 36.2 Å². The molecule has 0 aromatic heterocycles. The van der Waals surface area contributed by atoms with Gasteiger partial charge in [0.05, 0.1) is 17.7 Å². The number of rotatable bonds is 5. The maximum Gasteiger partial charge on any atom is 0.180 e. The van der Waals surface area contributed by atoms with E-state index in [9.17, 15) is 9.59 Å². The minimum absolute atomic E-state index is 0.0608. The van der Waals surface area contributed by atoms with Crippen molar-refractivity contribution >= 4 is 23.2 Å². The van der Waals surface area contributed by atoms with E-state index in [1.165, 1.54) is 0 Å². The second-order valence-electron chi connectivity index (χ2n) is 8.70. The molecule has 5 nitrogen and oxygen atoms in total. The van der Waals surface area contributed by atoms with Gasteiger partial charge in [-0.15, -0.1) is 0 Å². The van der Waals surface area contributed by atoms with Gasteiger partial charge in [0.1, 0.15) is 0 Å². The molecular weight excluding hydrogens is 414 g/mol. The van der Waals surface area contributed by atoms with E-state index >= 15 is 0 Å². The van der Waals surface area contributed by atoms with E-state index < -0.39 is 5.92 Å². The summed E-state index contributed by atoms with van der Waals surface area (Å²) in [7, 11) is 2.00. The Morgan fingerprint density at radius 3 is 2.13 bits per heavy atom. The monoisotopic (exact) mass is 443 g/mol. The Labute approximate surface area is 189 Å². The number of halogens is 1. The Bertz CT molecular complexity index is 947. The van der Waals surface area contributed by atoms with Gasteiger partial charge in [-0.05, 0) is 64.2 Å². The first-order valence-electron chi connectivity index (χ1n) is 11.2. The third-order valence-corrected chi connectivity index (χ3v) is 6.54. The van der Waals surface area contributed by atoms with Crippen LogP contribution in [0, 0.1) is 0 Å². The minimum atomic E-state index is -0.397. The van der Waals surface area contributed by atoms with Crippen molar-refractivity contribution in [3.8, 4) is 11.5 Å². The Hall–Kier alpha value is -2.27. The highest BCUT2D eigenvalue weighted by atomic mass is 35.5. The van der Waals surface area contributed by atoms with Crippen LogP contribution in [0.1, 0.15) is 70.8 Å². The Kier molecular flexibility index (Phi) is 6.16. The van der Waals surface area contributed by atoms with Crippen molar-refractivity contribution in [2.24, 2.45) is 0 Å². The standard InChI is InChI=1S/C25H30ClNO4/c1-5-30-21-13-15(12-16(26)25(21)31-14(2)3)22-23-17(8-6-10-19(23)28)27(4)18-9-7-11-20(29)24(18)22/h12-14,22H,5-11H2,1-4H3. The van der Waals surface area contributed by atoms with E-state index in [1.807, 2.05) is 40.0 Å². The fourth-order valence-corrected chi connectivity index (χ4v) is 5.32. The van der Waals surface area contributed by atoms with Crippen LogP contribution in [0.3, 0.4) is 0 Å². The molecule has 0 amide bonds. The molecule has 4 rings (SSSR count). The van der Waals surface area contributed by atoms with Crippen molar-refractivity contribution in [1.82, 2.24) is 4.90 Å². The number of carbonyl (C=O) groups excluding carboxylic acids is 2. The molecule has 0 saturated heterocycles. The number of ketones is 2. The van der Waals surface area contributed by atoms with Gasteiger partial charge in [0, 0.05) is 48.3 Å². The summed E-state index contributed by atoms with van der Waals surface area (Å²) in [6.07, 6.45) is 4.35. The number of allylic oxidation sites excluding steroid dienone is 4. The van der Waals surface area contributed by atoms with Crippen LogP contribution in [0.15, 0.2) is 34.7 Å². The number of Topliss-reactive ketones (excluding diaryl/α,β-unsaturated/α-hetero) is 2. The summed E-state index contributed by atoms with van der Waals surface area (Å²) < 4.78 is 11.8. The summed E-state index contributed by atoms with van der Waals surface area (Å²) in [6.45, 7) is 6.24. The molecule has 31 heavy (non-hydrogen) atoms. The number of hydrogen-bond acceptors (Lipinski definition) is 5. The van der Waals surface area contributed by atoms with E-state index in [0.717, 1.165) is 53.8 Å². The maximum atomic E-state index is 13.1. The minimum Gasteiger partial charge on any atom is -0.490 e. The summed E-state index contributed by atoms with van der Waals surface area (Å²) in [5, 5.41) is 0.435. The SMILES string of the molecule is CCOc1cc(C2C3=C(CCCC3=O)N(C)C3=C2C(=O)CCC3)cc(Cl)c1OC(C)C. The van der Waals surface area contributed by atoms with E-state index in [4.69, 9.17) is 21.1 Å². The lowest BCUT2D eigenvalue weighted by molar-refractivity contribution is -0.117. The first-order chi connectivity index (χ1) is 14.8. The van der Waals surface area contributed by atoms with Gasteiger partial charge in [-0.3, -0.25) is 9.59 Å². The average Bonchev–Trinajstić information content (AvgIpc) is 2.72. The molecule has 1 heterocycles. The lowest BCUT2D eigenvalue weighted by Gasteiger charge is -2.42. The molecule has 0 spiro atoms. The van der Waals surface area contributed by atoms with Gasteiger partial charge < -0.3 is 14.4 Å². The number of benzene rings is 1. The van der Waals surface area contributed by atoms with E-state index in [-0.39, 0.29) is 17.7 Å². The fourth-order valence-electron chi connectivity index (χ4n) is 5.05. The molecule has 166 valence electrons. The zero-order valence-corrected chi connectivity index (χ0v) is 19.5. The average molecular weight is 444 g/mol. The Morgan fingerprint density at radius 2 is 1.61 bits per heavy atom. The largest absolute Gasteiger partial charge is 0.490 e. The number of nitrogens with zero attached hydrogens (tertiary/aromatic N) is 1. The molecular formula is C25H30ClNO4. The van der Waals surface area contributed by atoms with Crippen LogP contribution in [0.4, 0.5) is 0 Å². The highest BCUT2D eigenvalue weighted by molar-refractivity contribution is 6.32. The number of hydrogen-bond donors (Lipinski definition) is 0. The fraction of sp³-hybridized carbons (Fsp3) is 0.520. The van der Waals surface area contributed by atoms with Gasteiger partial charge in [-0.25, -0.2) is 0 Å². The second-order valence-corrected chi connectivity index (χ2v) is 9.10. The lowest BCUT2D eigenvalue weighted by atomic mass is 9.71. The van der Waals surface area contributed by atoms with Crippen molar-refractivity contribution in [3.05, 3.63) is 45.3 Å². The Morgan fingerprint density at radius 1 is 1.03 bits per heavy atom. The van der Waals surface area contributed by atoms with Gasteiger partial charge in [-0.2, -0.15) is 0 Å². The second kappa shape index (κ2) is 8.70. The zero-order valence-electron chi connectivity index (χ0n) is 18.7. The molecule has 0 unspecified atom stereocenters. The van der Waals surface area contributed by atoms with E-state index in [2.05, 4.69) is 4.90 Å². The molecule has 3 aliphatic rings. The zero-order chi connectivity index (χ0) is 22.3. The molecule has 0 bridgehead atoms. The number of carbonyl (C=O) groups is 2. The Balaban J connectivity index is 1.93. The lowest BCUT2D eigenvalue weighted by Crippen LogP contribution is -2.37.